The van der Waals surface area contributed by atoms with Gasteiger partial charge in [-0.2, -0.15) is 13.2 Å². The molecule has 1 fully saturated rings. The Kier molecular flexibility index (Phi) is 4.81. The van der Waals surface area contributed by atoms with Crippen LogP contribution in [0.15, 0.2) is 64.4 Å². The molecule has 1 atom stereocenters. The summed E-state index contributed by atoms with van der Waals surface area (Å²) in [6.07, 6.45) is -2.79. The number of alkyl halides is 3. The van der Waals surface area contributed by atoms with Crippen molar-refractivity contribution in [3.63, 3.8) is 0 Å². The SMILES string of the molecule is O=C(c1cccs1)N1CCC[C@@H]1c1nc2cc(-c3cccc(C(F)(F)F)c3)ccc2o1. The van der Waals surface area contributed by atoms with Crippen molar-refractivity contribution in [2.45, 2.75) is 25.1 Å². The highest BCUT2D eigenvalue weighted by Gasteiger charge is 2.34. The van der Waals surface area contributed by atoms with Crippen LogP contribution < -0.4 is 0 Å². The highest BCUT2D eigenvalue weighted by atomic mass is 32.1. The number of carbonyl (C=O) groups excluding carboxylic acids is 1. The Labute approximate surface area is 179 Å². The number of likely N-dealkylation sites (tertiary alicyclic amines) is 1. The van der Waals surface area contributed by atoms with Crippen molar-refractivity contribution in [2.75, 3.05) is 6.54 Å². The van der Waals surface area contributed by atoms with Crippen molar-refractivity contribution in [1.82, 2.24) is 9.88 Å². The van der Waals surface area contributed by atoms with Crippen LogP contribution in [0, 0.1) is 0 Å². The Balaban J connectivity index is 1.47. The third-order valence-corrected chi connectivity index (χ3v) is 6.32. The lowest BCUT2D eigenvalue weighted by molar-refractivity contribution is -0.137. The Morgan fingerprint density at radius 1 is 1.10 bits per heavy atom. The quantitative estimate of drug-likeness (QED) is 0.361. The smallest absolute Gasteiger partial charge is 0.416 e. The minimum Gasteiger partial charge on any atom is -0.438 e. The number of benzene rings is 2. The molecule has 2 aromatic carbocycles. The molecular formula is C23H17F3N2O2S. The predicted molar refractivity (Wildman–Crippen MR) is 112 cm³/mol. The first-order valence-electron chi connectivity index (χ1n) is 9.83. The standard InChI is InChI=1S/C23H17F3N2O2S/c24-23(25,26)16-5-1-4-14(12-16)15-8-9-19-17(13-15)27-21(30-19)18-6-2-10-28(18)22(29)20-7-3-11-31-20/h1,3-5,7-9,11-13,18H,2,6,10H2/t18-/m1/s1. The number of carbonyl (C=O) groups is 1. The Morgan fingerprint density at radius 3 is 2.71 bits per heavy atom. The topological polar surface area (TPSA) is 46.3 Å². The summed E-state index contributed by atoms with van der Waals surface area (Å²) in [6.45, 7) is 0.635. The van der Waals surface area contributed by atoms with Gasteiger partial charge in [0, 0.05) is 6.54 Å². The number of hydrogen-bond acceptors (Lipinski definition) is 4. The zero-order valence-electron chi connectivity index (χ0n) is 16.2. The third-order valence-electron chi connectivity index (χ3n) is 5.46. The second-order valence-corrected chi connectivity index (χ2v) is 8.39. The summed E-state index contributed by atoms with van der Waals surface area (Å²) >= 11 is 1.40. The molecule has 0 bridgehead atoms. The van der Waals surface area contributed by atoms with Crippen molar-refractivity contribution in [3.8, 4) is 11.1 Å². The van der Waals surface area contributed by atoms with Gasteiger partial charge in [-0.3, -0.25) is 4.79 Å². The Hall–Kier alpha value is -3.13. The van der Waals surface area contributed by atoms with Gasteiger partial charge >= 0.3 is 6.18 Å². The molecular weight excluding hydrogens is 425 g/mol. The van der Waals surface area contributed by atoms with Crippen LogP contribution in [0.1, 0.15) is 40.0 Å². The van der Waals surface area contributed by atoms with Crippen LogP contribution in [-0.4, -0.2) is 22.3 Å². The molecule has 158 valence electrons. The minimum absolute atomic E-state index is 0.0376. The van der Waals surface area contributed by atoms with E-state index in [1.54, 1.807) is 35.2 Å². The van der Waals surface area contributed by atoms with Gasteiger partial charge in [0.25, 0.3) is 5.91 Å². The number of aromatic nitrogens is 1. The van der Waals surface area contributed by atoms with E-state index in [0.717, 1.165) is 25.0 Å². The molecule has 1 amide bonds. The van der Waals surface area contributed by atoms with E-state index in [2.05, 4.69) is 4.98 Å². The highest BCUT2D eigenvalue weighted by Crippen LogP contribution is 2.36. The molecule has 0 N–H and O–H groups in total. The highest BCUT2D eigenvalue weighted by molar-refractivity contribution is 7.12. The van der Waals surface area contributed by atoms with Gasteiger partial charge in [-0.25, -0.2) is 4.98 Å². The summed E-state index contributed by atoms with van der Waals surface area (Å²) in [5.74, 6) is 0.419. The van der Waals surface area contributed by atoms with E-state index in [1.165, 1.54) is 17.4 Å². The molecule has 31 heavy (non-hydrogen) atoms. The van der Waals surface area contributed by atoms with Crippen molar-refractivity contribution in [1.29, 1.82) is 0 Å². The van der Waals surface area contributed by atoms with Crippen LogP contribution >= 0.6 is 11.3 Å². The van der Waals surface area contributed by atoms with E-state index in [4.69, 9.17) is 4.42 Å². The summed E-state index contributed by atoms with van der Waals surface area (Å²) in [6, 6.07) is 13.7. The maximum atomic E-state index is 13.1. The number of oxazole rings is 1. The minimum atomic E-state index is -4.40. The summed E-state index contributed by atoms with van der Waals surface area (Å²) in [7, 11) is 0. The summed E-state index contributed by atoms with van der Waals surface area (Å²) in [5, 5.41) is 1.87. The molecule has 0 spiro atoms. The lowest BCUT2D eigenvalue weighted by atomic mass is 10.0. The first-order chi connectivity index (χ1) is 14.9. The van der Waals surface area contributed by atoms with Crippen LogP contribution in [0.2, 0.25) is 0 Å². The fourth-order valence-corrected chi connectivity index (χ4v) is 4.63. The van der Waals surface area contributed by atoms with Gasteiger partial charge in [0.1, 0.15) is 11.6 Å². The Bertz CT molecular complexity index is 1250. The largest absolute Gasteiger partial charge is 0.438 e. The van der Waals surface area contributed by atoms with Gasteiger partial charge < -0.3 is 9.32 Å². The molecule has 4 aromatic rings. The molecule has 5 rings (SSSR count). The lowest BCUT2D eigenvalue weighted by Gasteiger charge is -2.21. The normalized spacial score (nSPS) is 16.9. The molecule has 0 saturated carbocycles. The predicted octanol–water partition coefficient (Wildman–Crippen LogP) is 6.55. The zero-order chi connectivity index (χ0) is 21.6. The van der Waals surface area contributed by atoms with E-state index < -0.39 is 11.7 Å². The monoisotopic (exact) mass is 442 g/mol. The number of rotatable bonds is 3. The number of halogens is 3. The van der Waals surface area contributed by atoms with Crippen molar-refractivity contribution < 1.29 is 22.4 Å². The number of fused-ring (bicyclic) bond motifs is 1. The summed E-state index contributed by atoms with van der Waals surface area (Å²) in [5.41, 5.74) is 1.48. The fraction of sp³-hybridized carbons (Fsp3) is 0.217. The third kappa shape index (κ3) is 3.72. The molecule has 1 aliphatic heterocycles. The van der Waals surface area contributed by atoms with Gasteiger partial charge in [-0.05, 0) is 59.7 Å². The van der Waals surface area contributed by atoms with Crippen molar-refractivity contribution >= 4 is 28.3 Å². The molecule has 1 aliphatic rings. The maximum absolute atomic E-state index is 13.1. The van der Waals surface area contributed by atoms with E-state index in [9.17, 15) is 18.0 Å². The molecule has 2 aromatic heterocycles. The van der Waals surface area contributed by atoms with E-state index in [1.807, 2.05) is 11.4 Å². The molecule has 1 saturated heterocycles. The number of hydrogen-bond donors (Lipinski definition) is 0. The van der Waals surface area contributed by atoms with Gasteiger partial charge in [0.2, 0.25) is 5.89 Å². The average Bonchev–Trinajstić information content (AvgIpc) is 3.52. The van der Waals surface area contributed by atoms with Gasteiger partial charge in [0.15, 0.2) is 5.58 Å². The van der Waals surface area contributed by atoms with Crippen LogP contribution in [0.4, 0.5) is 13.2 Å². The second kappa shape index (κ2) is 7.53. The second-order valence-electron chi connectivity index (χ2n) is 7.45. The van der Waals surface area contributed by atoms with E-state index in [-0.39, 0.29) is 11.9 Å². The Morgan fingerprint density at radius 2 is 1.94 bits per heavy atom. The summed E-state index contributed by atoms with van der Waals surface area (Å²) < 4.78 is 45.1. The van der Waals surface area contributed by atoms with Gasteiger partial charge in [0.05, 0.1) is 10.4 Å². The van der Waals surface area contributed by atoms with Crippen molar-refractivity contribution in [3.05, 3.63) is 76.3 Å². The van der Waals surface area contributed by atoms with Crippen LogP contribution in [0.25, 0.3) is 22.2 Å². The number of amides is 1. The van der Waals surface area contributed by atoms with E-state index >= 15 is 0 Å². The maximum Gasteiger partial charge on any atom is 0.416 e. The van der Waals surface area contributed by atoms with Gasteiger partial charge in [-0.1, -0.05) is 24.3 Å². The lowest BCUT2D eigenvalue weighted by Crippen LogP contribution is -2.30. The summed E-state index contributed by atoms with van der Waals surface area (Å²) in [4.78, 5) is 19.9. The van der Waals surface area contributed by atoms with Crippen LogP contribution in [0.5, 0.6) is 0 Å². The fourth-order valence-electron chi connectivity index (χ4n) is 3.95. The number of thiophene rings is 1. The first-order valence-corrected chi connectivity index (χ1v) is 10.7. The number of nitrogens with zero attached hydrogens (tertiary/aromatic N) is 2. The van der Waals surface area contributed by atoms with E-state index in [0.29, 0.717) is 39.5 Å². The zero-order valence-corrected chi connectivity index (χ0v) is 17.0. The molecule has 0 aliphatic carbocycles. The molecule has 4 nitrogen and oxygen atoms in total. The molecule has 8 heteroatoms. The molecule has 0 unspecified atom stereocenters. The first kappa shape index (κ1) is 19.8. The van der Waals surface area contributed by atoms with Crippen LogP contribution in [0.3, 0.4) is 0 Å². The molecule has 0 radical (unpaired) electrons. The average molecular weight is 442 g/mol. The molecule has 3 heterocycles. The van der Waals surface area contributed by atoms with Crippen LogP contribution in [-0.2, 0) is 6.18 Å². The van der Waals surface area contributed by atoms with Crippen molar-refractivity contribution in [2.24, 2.45) is 0 Å². The van der Waals surface area contributed by atoms with Gasteiger partial charge in [-0.15, -0.1) is 11.3 Å².